The smallest absolute Gasteiger partial charge is 0.409 e. The van der Waals surface area contributed by atoms with Gasteiger partial charge >= 0.3 is 6.09 Å². The standard InChI is InChI=1S/C16H27N5O2S.HI/c1-5-17-15(18-10-14-11(2)19-12(3)24-14)20-13-6-8-21(9-7-13)16(22)23-4;/h13H,5-10H2,1-4H3,(H2,17,18,20);1H. The number of aromatic nitrogens is 1. The number of rotatable bonds is 4. The molecule has 0 aliphatic carbocycles. The highest BCUT2D eigenvalue weighted by molar-refractivity contribution is 14.0. The monoisotopic (exact) mass is 481 g/mol. The normalized spacial score (nSPS) is 15.5. The number of aryl methyl sites for hydroxylation is 2. The number of guanidine groups is 1. The minimum atomic E-state index is -0.245. The van der Waals surface area contributed by atoms with Crippen molar-refractivity contribution in [3.63, 3.8) is 0 Å². The molecule has 142 valence electrons. The molecule has 1 aromatic heterocycles. The van der Waals surface area contributed by atoms with Gasteiger partial charge in [0.05, 0.1) is 24.4 Å². The lowest BCUT2D eigenvalue weighted by atomic mass is 10.1. The molecule has 0 atom stereocenters. The van der Waals surface area contributed by atoms with Crippen LogP contribution < -0.4 is 10.6 Å². The predicted molar refractivity (Wildman–Crippen MR) is 112 cm³/mol. The fourth-order valence-electron chi connectivity index (χ4n) is 2.72. The van der Waals surface area contributed by atoms with E-state index in [2.05, 4.69) is 27.5 Å². The summed E-state index contributed by atoms with van der Waals surface area (Å²) in [6.45, 7) is 8.95. The van der Waals surface area contributed by atoms with Gasteiger partial charge in [-0.1, -0.05) is 0 Å². The number of thiazole rings is 1. The van der Waals surface area contributed by atoms with E-state index in [1.54, 1.807) is 16.2 Å². The Bertz CT molecular complexity index is 585. The van der Waals surface area contributed by atoms with Gasteiger partial charge in [-0.05, 0) is 33.6 Å². The Hall–Kier alpha value is -1.10. The number of piperidine rings is 1. The summed E-state index contributed by atoms with van der Waals surface area (Å²) in [5.74, 6) is 0.819. The molecule has 1 aliphatic rings. The number of carbonyl (C=O) groups excluding carboxylic acids is 1. The zero-order chi connectivity index (χ0) is 17.5. The molecule has 0 bridgehead atoms. The average Bonchev–Trinajstić information content (AvgIpc) is 2.90. The molecule has 25 heavy (non-hydrogen) atoms. The lowest BCUT2D eigenvalue weighted by molar-refractivity contribution is 0.111. The maximum Gasteiger partial charge on any atom is 0.409 e. The van der Waals surface area contributed by atoms with Crippen molar-refractivity contribution < 1.29 is 9.53 Å². The van der Waals surface area contributed by atoms with Crippen LogP contribution in [0.2, 0.25) is 0 Å². The fourth-order valence-corrected chi connectivity index (χ4v) is 3.58. The molecule has 9 heteroatoms. The summed E-state index contributed by atoms with van der Waals surface area (Å²) in [6.07, 6.45) is 1.53. The van der Waals surface area contributed by atoms with E-state index in [0.717, 1.165) is 36.0 Å². The molecule has 7 nitrogen and oxygen atoms in total. The van der Waals surface area contributed by atoms with E-state index in [1.807, 2.05) is 13.8 Å². The largest absolute Gasteiger partial charge is 0.453 e. The first-order valence-electron chi connectivity index (χ1n) is 8.34. The Kier molecular flexibility index (Phi) is 9.47. The summed E-state index contributed by atoms with van der Waals surface area (Å²) in [5, 5.41) is 7.84. The summed E-state index contributed by atoms with van der Waals surface area (Å²) in [4.78, 5) is 23.6. The molecule has 1 aromatic rings. The van der Waals surface area contributed by atoms with E-state index in [0.29, 0.717) is 25.7 Å². The van der Waals surface area contributed by atoms with E-state index in [9.17, 15) is 4.79 Å². The molecular weight excluding hydrogens is 453 g/mol. The fraction of sp³-hybridized carbons (Fsp3) is 0.688. The zero-order valence-electron chi connectivity index (χ0n) is 15.3. The Labute approximate surface area is 170 Å². The van der Waals surface area contributed by atoms with E-state index in [4.69, 9.17) is 4.74 Å². The van der Waals surface area contributed by atoms with E-state index >= 15 is 0 Å². The average molecular weight is 481 g/mol. The van der Waals surface area contributed by atoms with Crippen LogP contribution in [0.4, 0.5) is 4.79 Å². The van der Waals surface area contributed by atoms with Gasteiger partial charge in [0.15, 0.2) is 5.96 Å². The van der Waals surface area contributed by atoms with Crippen LogP contribution >= 0.6 is 35.3 Å². The predicted octanol–water partition coefficient (Wildman–Crippen LogP) is 2.66. The maximum absolute atomic E-state index is 11.5. The summed E-state index contributed by atoms with van der Waals surface area (Å²) in [5.41, 5.74) is 1.06. The zero-order valence-corrected chi connectivity index (χ0v) is 18.4. The van der Waals surface area contributed by atoms with Crippen molar-refractivity contribution in [3.05, 3.63) is 15.6 Å². The summed E-state index contributed by atoms with van der Waals surface area (Å²) in [6, 6.07) is 0.313. The van der Waals surface area contributed by atoms with Crippen molar-refractivity contribution in [1.82, 2.24) is 20.5 Å². The van der Waals surface area contributed by atoms with Gasteiger partial charge in [0.2, 0.25) is 0 Å². The van der Waals surface area contributed by atoms with Gasteiger partial charge in [-0.2, -0.15) is 0 Å². The van der Waals surface area contributed by atoms with Crippen molar-refractivity contribution in [2.45, 2.75) is 46.2 Å². The molecule has 1 aliphatic heterocycles. The number of ether oxygens (including phenoxy) is 1. The summed E-state index contributed by atoms with van der Waals surface area (Å²) in [7, 11) is 1.42. The lowest BCUT2D eigenvalue weighted by Crippen LogP contribution is -2.49. The van der Waals surface area contributed by atoms with E-state index < -0.39 is 0 Å². The Morgan fingerprint density at radius 1 is 1.40 bits per heavy atom. The second-order valence-corrected chi connectivity index (χ2v) is 7.10. The minimum absolute atomic E-state index is 0. The lowest BCUT2D eigenvalue weighted by Gasteiger charge is -2.32. The van der Waals surface area contributed by atoms with Crippen LogP contribution in [0.3, 0.4) is 0 Å². The summed E-state index contributed by atoms with van der Waals surface area (Å²) < 4.78 is 4.77. The van der Waals surface area contributed by atoms with Gasteiger partial charge < -0.3 is 20.3 Å². The van der Waals surface area contributed by atoms with Crippen molar-refractivity contribution in [2.75, 3.05) is 26.7 Å². The number of amides is 1. The van der Waals surface area contributed by atoms with Crippen molar-refractivity contribution in [1.29, 1.82) is 0 Å². The van der Waals surface area contributed by atoms with Crippen molar-refractivity contribution in [3.8, 4) is 0 Å². The second kappa shape index (κ2) is 10.8. The Morgan fingerprint density at radius 2 is 2.08 bits per heavy atom. The van der Waals surface area contributed by atoms with Crippen LogP contribution in [0.1, 0.15) is 35.3 Å². The highest BCUT2D eigenvalue weighted by Crippen LogP contribution is 2.18. The number of hydrogen-bond donors (Lipinski definition) is 2. The van der Waals surface area contributed by atoms with Crippen LogP contribution in [-0.4, -0.2) is 54.7 Å². The van der Waals surface area contributed by atoms with Gasteiger partial charge in [0, 0.05) is 30.6 Å². The first kappa shape index (κ1) is 21.9. The second-order valence-electron chi connectivity index (χ2n) is 5.81. The number of hydrogen-bond acceptors (Lipinski definition) is 5. The van der Waals surface area contributed by atoms with Gasteiger partial charge in [0.25, 0.3) is 0 Å². The van der Waals surface area contributed by atoms with Crippen LogP contribution in [-0.2, 0) is 11.3 Å². The number of likely N-dealkylation sites (tertiary alicyclic amines) is 1. The van der Waals surface area contributed by atoms with Gasteiger partial charge in [0.1, 0.15) is 0 Å². The third kappa shape index (κ3) is 6.61. The molecule has 0 unspecified atom stereocenters. The number of nitrogens with one attached hydrogen (secondary N) is 2. The first-order chi connectivity index (χ1) is 11.5. The number of carbonyl (C=O) groups is 1. The minimum Gasteiger partial charge on any atom is -0.453 e. The van der Waals surface area contributed by atoms with E-state index in [-0.39, 0.29) is 30.1 Å². The Balaban J connectivity index is 0.00000312. The number of methoxy groups -OCH3 is 1. The van der Waals surface area contributed by atoms with Gasteiger partial charge in [-0.15, -0.1) is 35.3 Å². The quantitative estimate of drug-likeness (QED) is 0.393. The van der Waals surface area contributed by atoms with Crippen LogP contribution in [0.25, 0.3) is 0 Å². The Morgan fingerprint density at radius 3 is 2.60 bits per heavy atom. The van der Waals surface area contributed by atoms with Crippen molar-refractivity contribution in [2.24, 2.45) is 4.99 Å². The molecule has 0 saturated carbocycles. The van der Waals surface area contributed by atoms with Crippen LogP contribution in [0.15, 0.2) is 4.99 Å². The molecule has 2 heterocycles. The van der Waals surface area contributed by atoms with Crippen LogP contribution in [0, 0.1) is 13.8 Å². The molecule has 2 rings (SSSR count). The third-order valence-corrected chi connectivity index (χ3v) is 5.05. The first-order valence-corrected chi connectivity index (χ1v) is 9.15. The number of nitrogens with zero attached hydrogens (tertiary/aromatic N) is 3. The van der Waals surface area contributed by atoms with Crippen molar-refractivity contribution >= 4 is 47.4 Å². The van der Waals surface area contributed by atoms with Gasteiger partial charge in [-0.3, -0.25) is 0 Å². The molecular formula is C16H28IN5O2S. The topological polar surface area (TPSA) is 78.9 Å². The highest BCUT2D eigenvalue weighted by atomic mass is 127. The molecule has 2 N–H and O–H groups in total. The SMILES string of the molecule is CCNC(=NCc1sc(C)nc1C)NC1CCN(C(=O)OC)CC1.I. The highest BCUT2D eigenvalue weighted by Gasteiger charge is 2.23. The van der Waals surface area contributed by atoms with Gasteiger partial charge in [-0.25, -0.2) is 14.8 Å². The molecule has 0 radical (unpaired) electrons. The third-order valence-electron chi connectivity index (χ3n) is 3.99. The molecule has 1 saturated heterocycles. The molecule has 0 aromatic carbocycles. The summed E-state index contributed by atoms with van der Waals surface area (Å²) >= 11 is 1.69. The van der Waals surface area contributed by atoms with Crippen LogP contribution in [0.5, 0.6) is 0 Å². The maximum atomic E-state index is 11.5. The molecule has 1 fully saturated rings. The number of aliphatic imine (C=N–C) groups is 1. The molecule has 0 spiro atoms. The number of halogens is 1. The molecule has 1 amide bonds. The van der Waals surface area contributed by atoms with E-state index in [1.165, 1.54) is 12.0 Å².